The Hall–Kier alpha value is -1.40. The molecule has 0 bridgehead atoms. The van der Waals surface area contributed by atoms with E-state index in [0.717, 1.165) is 12.8 Å². The first kappa shape index (κ1) is 11.7. The van der Waals surface area contributed by atoms with Crippen molar-refractivity contribution in [1.29, 1.82) is 0 Å². The molecular weight excluding hydrogens is 236 g/mol. The molecule has 2 N–H and O–H groups in total. The minimum absolute atomic E-state index is 0.0191. The quantitative estimate of drug-likeness (QED) is 0.761. The summed E-state index contributed by atoms with van der Waals surface area (Å²) in [6.07, 6.45) is 3.03. The van der Waals surface area contributed by atoms with Gasteiger partial charge in [-0.25, -0.2) is 4.79 Å². The molecule has 2 aliphatic rings. The third kappa shape index (κ3) is 1.56. The van der Waals surface area contributed by atoms with Gasteiger partial charge in [0.2, 0.25) is 0 Å². The van der Waals surface area contributed by atoms with Gasteiger partial charge in [-0.1, -0.05) is 0 Å². The molecule has 98 valence electrons. The molecule has 1 saturated carbocycles. The summed E-state index contributed by atoms with van der Waals surface area (Å²) < 4.78 is 7.20. The molecule has 1 aliphatic carbocycles. The molecule has 0 unspecified atom stereocenters. The van der Waals surface area contributed by atoms with Crippen molar-refractivity contribution in [2.45, 2.75) is 32.1 Å². The summed E-state index contributed by atoms with van der Waals surface area (Å²) >= 11 is 0. The van der Waals surface area contributed by atoms with E-state index >= 15 is 0 Å². The van der Waals surface area contributed by atoms with E-state index in [1.54, 1.807) is 13.1 Å². The van der Waals surface area contributed by atoms with Crippen molar-refractivity contribution in [2.24, 2.45) is 11.8 Å². The maximum Gasteiger partial charge on any atom is 0.330 e. The molecule has 2 fully saturated rings. The molecule has 0 amide bonds. The standard InChI is InChI=1S/C12H16N2O4/c1-6-4-14(12(17)13-10(6)16)11-8-3-2-7(8)9(5-15)18-11/h4,7-9,11,15H,2-3,5H2,1H3,(H,13,16,17)/t7-,8+,9+,11-/m0/s1. The monoisotopic (exact) mass is 252 g/mol. The van der Waals surface area contributed by atoms with E-state index in [4.69, 9.17) is 4.74 Å². The van der Waals surface area contributed by atoms with Gasteiger partial charge < -0.3 is 9.84 Å². The number of hydrogen-bond donors (Lipinski definition) is 2. The van der Waals surface area contributed by atoms with Crippen LogP contribution in [0.3, 0.4) is 0 Å². The molecule has 18 heavy (non-hydrogen) atoms. The lowest BCUT2D eigenvalue weighted by Crippen LogP contribution is -2.37. The fourth-order valence-electron chi connectivity index (χ4n) is 2.97. The lowest BCUT2D eigenvalue weighted by molar-refractivity contribution is -0.0344. The topological polar surface area (TPSA) is 84.3 Å². The van der Waals surface area contributed by atoms with E-state index in [1.807, 2.05) is 0 Å². The average molecular weight is 252 g/mol. The summed E-state index contributed by atoms with van der Waals surface area (Å²) in [5.41, 5.74) is -0.320. The Morgan fingerprint density at radius 3 is 2.72 bits per heavy atom. The van der Waals surface area contributed by atoms with Crippen LogP contribution in [0.2, 0.25) is 0 Å². The van der Waals surface area contributed by atoms with Crippen molar-refractivity contribution in [2.75, 3.05) is 6.61 Å². The Labute approximate surface area is 103 Å². The number of aliphatic hydroxyl groups is 1. The van der Waals surface area contributed by atoms with E-state index < -0.39 is 5.69 Å². The van der Waals surface area contributed by atoms with Crippen molar-refractivity contribution in [3.8, 4) is 0 Å². The van der Waals surface area contributed by atoms with Crippen LogP contribution in [0.25, 0.3) is 0 Å². The number of aryl methyl sites for hydroxylation is 1. The van der Waals surface area contributed by atoms with Gasteiger partial charge in [-0.05, 0) is 25.7 Å². The molecule has 0 spiro atoms. The zero-order valence-corrected chi connectivity index (χ0v) is 10.1. The van der Waals surface area contributed by atoms with E-state index in [9.17, 15) is 14.7 Å². The van der Waals surface area contributed by atoms with Crippen molar-refractivity contribution >= 4 is 0 Å². The summed E-state index contributed by atoms with van der Waals surface area (Å²) in [5.74, 6) is 0.601. The van der Waals surface area contributed by atoms with E-state index in [-0.39, 0.29) is 30.4 Å². The molecule has 4 atom stereocenters. The Morgan fingerprint density at radius 2 is 2.17 bits per heavy atom. The molecule has 3 rings (SSSR count). The molecular formula is C12H16N2O4. The first-order valence-corrected chi connectivity index (χ1v) is 6.20. The van der Waals surface area contributed by atoms with Gasteiger partial charge in [0.15, 0.2) is 0 Å². The third-order valence-corrected chi connectivity index (χ3v) is 4.14. The second-order valence-corrected chi connectivity index (χ2v) is 5.13. The van der Waals surface area contributed by atoms with Gasteiger partial charge >= 0.3 is 5.69 Å². The van der Waals surface area contributed by atoms with Crippen LogP contribution in [0.1, 0.15) is 24.6 Å². The highest BCUT2D eigenvalue weighted by atomic mass is 16.5. The summed E-state index contributed by atoms with van der Waals surface area (Å²) in [7, 11) is 0. The van der Waals surface area contributed by atoms with Gasteiger partial charge in [0, 0.05) is 17.7 Å². The number of nitrogens with zero attached hydrogens (tertiary/aromatic N) is 1. The Kier molecular flexibility index (Phi) is 2.64. The van der Waals surface area contributed by atoms with Crippen LogP contribution in [0, 0.1) is 18.8 Å². The number of aromatic nitrogens is 2. The predicted molar refractivity (Wildman–Crippen MR) is 63.3 cm³/mol. The summed E-state index contributed by atoms with van der Waals surface area (Å²) in [5, 5.41) is 9.25. The number of rotatable bonds is 2. The number of aliphatic hydroxyl groups excluding tert-OH is 1. The van der Waals surface area contributed by atoms with Gasteiger partial charge in [0.1, 0.15) is 6.23 Å². The predicted octanol–water partition coefficient (Wildman–Crippen LogP) is -0.239. The summed E-state index contributed by atoms with van der Waals surface area (Å²) in [6, 6.07) is 0. The van der Waals surface area contributed by atoms with E-state index in [0.29, 0.717) is 11.5 Å². The maximum absolute atomic E-state index is 11.8. The lowest BCUT2D eigenvalue weighted by Gasteiger charge is -2.33. The van der Waals surface area contributed by atoms with E-state index in [2.05, 4.69) is 4.98 Å². The van der Waals surface area contributed by atoms with Crippen LogP contribution in [-0.2, 0) is 4.74 Å². The molecule has 0 radical (unpaired) electrons. The highest BCUT2D eigenvalue weighted by Gasteiger charge is 2.50. The van der Waals surface area contributed by atoms with Gasteiger partial charge in [0.05, 0.1) is 12.7 Å². The largest absolute Gasteiger partial charge is 0.394 e. The molecule has 1 aromatic rings. The zero-order chi connectivity index (χ0) is 12.9. The minimum Gasteiger partial charge on any atom is -0.394 e. The zero-order valence-electron chi connectivity index (χ0n) is 10.1. The second-order valence-electron chi connectivity index (χ2n) is 5.13. The van der Waals surface area contributed by atoms with Crippen molar-refractivity contribution in [1.82, 2.24) is 9.55 Å². The van der Waals surface area contributed by atoms with Gasteiger partial charge in [-0.15, -0.1) is 0 Å². The van der Waals surface area contributed by atoms with Crippen LogP contribution >= 0.6 is 0 Å². The van der Waals surface area contributed by atoms with Crippen LogP contribution in [-0.4, -0.2) is 27.4 Å². The van der Waals surface area contributed by atoms with Crippen LogP contribution in [0.5, 0.6) is 0 Å². The Bertz CT molecular complexity index is 574. The van der Waals surface area contributed by atoms with Crippen molar-refractivity contribution < 1.29 is 9.84 Å². The molecule has 6 heteroatoms. The fraction of sp³-hybridized carbons (Fsp3) is 0.667. The van der Waals surface area contributed by atoms with Gasteiger partial charge in [0.25, 0.3) is 5.56 Å². The first-order valence-electron chi connectivity index (χ1n) is 6.20. The van der Waals surface area contributed by atoms with Gasteiger partial charge in [-0.2, -0.15) is 0 Å². The van der Waals surface area contributed by atoms with Crippen LogP contribution in [0.4, 0.5) is 0 Å². The third-order valence-electron chi connectivity index (χ3n) is 4.14. The maximum atomic E-state index is 11.8. The Balaban J connectivity index is 1.99. The first-order chi connectivity index (χ1) is 8.61. The normalized spacial score (nSPS) is 34.1. The fourth-order valence-corrected chi connectivity index (χ4v) is 2.97. The van der Waals surface area contributed by atoms with Crippen LogP contribution < -0.4 is 11.2 Å². The average Bonchev–Trinajstić information content (AvgIpc) is 2.54. The smallest absolute Gasteiger partial charge is 0.330 e. The molecule has 0 aromatic carbocycles. The van der Waals surface area contributed by atoms with Crippen LogP contribution in [0.15, 0.2) is 15.8 Å². The van der Waals surface area contributed by atoms with Crippen molar-refractivity contribution in [3.63, 3.8) is 0 Å². The molecule has 6 nitrogen and oxygen atoms in total. The lowest BCUT2D eigenvalue weighted by atomic mass is 9.72. The minimum atomic E-state index is -0.445. The molecule has 1 aromatic heterocycles. The van der Waals surface area contributed by atoms with Gasteiger partial charge in [-0.3, -0.25) is 14.3 Å². The summed E-state index contributed by atoms with van der Waals surface area (Å²) in [4.78, 5) is 25.4. The number of aromatic amines is 1. The number of ether oxygens (including phenoxy) is 1. The number of fused-ring (bicyclic) bond motifs is 1. The SMILES string of the molecule is Cc1cn([C@H]2O[C@H](CO)[C@H]3CC[C@H]32)c(=O)[nH]c1=O. The van der Waals surface area contributed by atoms with Crippen molar-refractivity contribution in [3.05, 3.63) is 32.6 Å². The number of nitrogens with one attached hydrogen (secondary N) is 1. The number of hydrogen-bond acceptors (Lipinski definition) is 4. The number of H-pyrrole nitrogens is 1. The summed E-state index contributed by atoms with van der Waals surface area (Å²) in [6.45, 7) is 1.64. The molecule has 1 saturated heterocycles. The highest BCUT2D eigenvalue weighted by Crippen LogP contribution is 2.51. The second kappa shape index (κ2) is 4.07. The van der Waals surface area contributed by atoms with E-state index in [1.165, 1.54) is 4.57 Å². The molecule has 2 heterocycles. The highest BCUT2D eigenvalue weighted by molar-refractivity contribution is 5.04. The Morgan fingerprint density at radius 1 is 1.44 bits per heavy atom. The molecule has 1 aliphatic heterocycles.